The van der Waals surface area contributed by atoms with Gasteiger partial charge in [0.05, 0.1) is 11.9 Å². The Labute approximate surface area is 137 Å². The number of aliphatic hydroxyl groups excluding tert-OH is 1. The van der Waals surface area contributed by atoms with Gasteiger partial charge in [0.1, 0.15) is 4.21 Å². The first kappa shape index (κ1) is 17.9. The third-order valence-corrected chi connectivity index (χ3v) is 7.88. The number of hydrogen-bond acceptors (Lipinski definition) is 5. The van der Waals surface area contributed by atoms with E-state index in [1.54, 1.807) is 17.5 Å². The van der Waals surface area contributed by atoms with E-state index in [0.29, 0.717) is 22.7 Å². The second-order valence-corrected chi connectivity index (χ2v) is 9.68. The fourth-order valence-electron chi connectivity index (χ4n) is 3.34. The van der Waals surface area contributed by atoms with E-state index in [9.17, 15) is 13.5 Å². The zero-order valence-electron chi connectivity index (χ0n) is 13.4. The van der Waals surface area contributed by atoms with Crippen LogP contribution in [-0.4, -0.2) is 38.0 Å². The van der Waals surface area contributed by atoms with E-state index >= 15 is 0 Å². The van der Waals surface area contributed by atoms with Crippen LogP contribution < -0.4 is 5.32 Å². The smallest absolute Gasteiger partial charge is 0.190 e. The van der Waals surface area contributed by atoms with Crippen molar-refractivity contribution in [2.24, 2.45) is 11.8 Å². The maximum Gasteiger partial charge on any atom is 0.190 e. The molecule has 0 spiro atoms. The highest BCUT2D eigenvalue weighted by molar-refractivity contribution is 7.93. The Morgan fingerprint density at radius 2 is 2.23 bits per heavy atom. The molecule has 0 bridgehead atoms. The Bertz CT molecular complexity index is 542. The minimum atomic E-state index is -3.37. The molecule has 4 atom stereocenters. The molecule has 1 fully saturated rings. The van der Waals surface area contributed by atoms with Crippen LogP contribution in [0, 0.1) is 11.8 Å². The topological polar surface area (TPSA) is 66.4 Å². The van der Waals surface area contributed by atoms with Gasteiger partial charge in [-0.1, -0.05) is 26.3 Å². The lowest BCUT2D eigenvalue weighted by Crippen LogP contribution is -2.44. The summed E-state index contributed by atoms with van der Waals surface area (Å²) in [5, 5.41) is 15.2. The molecule has 126 valence electrons. The Hall–Kier alpha value is -0.430. The molecule has 0 radical (unpaired) electrons. The lowest BCUT2D eigenvalue weighted by Gasteiger charge is -2.35. The lowest BCUT2D eigenvalue weighted by molar-refractivity contribution is 0.158. The van der Waals surface area contributed by atoms with Crippen LogP contribution in [0.15, 0.2) is 21.7 Å². The van der Waals surface area contributed by atoms with Gasteiger partial charge in [-0.25, -0.2) is 8.42 Å². The molecule has 1 saturated carbocycles. The molecule has 22 heavy (non-hydrogen) atoms. The van der Waals surface area contributed by atoms with Crippen LogP contribution in [0.5, 0.6) is 0 Å². The Balaban J connectivity index is 1.84. The normalized spacial score (nSPS) is 27.7. The summed E-state index contributed by atoms with van der Waals surface area (Å²) in [6.45, 7) is 4.84. The Kier molecular flexibility index (Phi) is 6.44. The molecule has 1 aliphatic carbocycles. The number of nitrogens with one attached hydrogen (secondary N) is 1. The lowest BCUT2D eigenvalue weighted by atomic mass is 9.77. The van der Waals surface area contributed by atoms with Gasteiger partial charge in [-0.2, -0.15) is 0 Å². The summed E-state index contributed by atoms with van der Waals surface area (Å²) >= 11 is 1.20. The van der Waals surface area contributed by atoms with E-state index in [4.69, 9.17) is 0 Å². The summed E-state index contributed by atoms with van der Waals surface area (Å²) in [6.07, 6.45) is 3.81. The SMILES string of the molecule is CCC1CC(C)CCC1NCC(O)CS(=O)(=O)c1cccs1. The minimum absolute atomic E-state index is 0.208. The standard InChI is InChI=1S/C16H27NO3S2/c1-3-13-9-12(2)6-7-15(13)17-10-14(18)11-22(19,20)16-5-4-8-21-16/h4-5,8,12-15,17-18H,3,6-7,9-11H2,1-2H3. The van der Waals surface area contributed by atoms with E-state index in [1.807, 2.05) is 0 Å². The van der Waals surface area contributed by atoms with Crippen molar-refractivity contribution in [3.05, 3.63) is 17.5 Å². The molecule has 1 aromatic heterocycles. The third kappa shape index (κ3) is 4.78. The van der Waals surface area contributed by atoms with E-state index in [2.05, 4.69) is 19.2 Å². The number of thiophene rings is 1. The Morgan fingerprint density at radius 3 is 2.86 bits per heavy atom. The average Bonchev–Trinajstić information content (AvgIpc) is 3.00. The highest BCUT2D eigenvalue weighted by atomic mass is 32.2. The fourth-order valence-corrected chi connectivity index (χ4v) is 5.82. The molecule has 0 aromatic carbocycles. The summed E-state index contributed by atoms with van der Waals surface area (Å²) in [4.78, 5) is 0. The summed E-state index contributed by atoms with van der Waals surface area (Å²) in [5.41, 5.74) is 0. The molecule has 2 N–H and O–H groups in total. The van der Waals surface area contributed by atoms with Crippen LogP contribution >= 0.6 is 11.3 Å². The number of hydrogen-bond donors (Lipinski definition) is 2. The van der Waals surface area contributed by atoms with Crippen molar-refractivity contribution in [1.82, 2.24) is 5.32 Å². The van der Waals surface area contributed by atoms with Gasteiger partial charge in [0.2, 0.25) is 0 Å². The first-order chi connectivity index (χ1) is 10.4. The molecule has 0 saturated heterocycles. The van der Waals surface area contributed by atoms with Crippen LogP contribution in [0.1, 0.15) is 39.5 Å². The zero-order chi connectivity index (χ0) is 16.2. The summed E-state index contributed by atoms with van der Waals surface area (Å²) in [5.74, 6) is 1.19. The molecule has 4 nitrogen and oxygen atoms in total. The molecule has 1 heterocycles. The number of rotatable bonds is 7. The molecule has 4 unspecified atom stereocenters. The van der Waals surface area contributed by atoms with E-state index < -0.39 is 15.9 Å². The highest BCUT2D eigenvalue weighted by Crippen LogP contribution is 2.31. The average molecular weight is 346 g/mol. The van der Waals surface area contributed by atoms with Gasteiger partial charge in [-0.15, -0.1) is 11.3 Å². The van der Waals surface area contributed by atoms with Gasteiger partial charge in [-0.3, -0.25) is 0 Å². The van der Waals surface area contributed by atoms with Crippen LogP contribution in [0.3, 0.4) is 0 Å². The molecule has 2 rings (SSSR count). The molecule has 0 amide bonds. The summed E-state index contributed by atoms with van der Waals surface area (Å²) < 4.78 is 24.6. The predicted molar refractivity (Wildman–Crippen MR) is 91.0 cm³/mol. The molecule has 1 aliphatic rings. The Morgan fingerprint density at radius 1 is 1.45 bits per heavy atom. The molecule has 6 heteroatoms. The van der Waals surface area contributed by atoms with Crippen molar-refractivity contribution in [2.45, 2.75) is 55.9 Å². The van der Waals surface area contributed by atoms with Gasteiger partial charge in [0, 0.05) is 12.6 Å². The maximum absolute atomic E-state index is 12.1. The van der Waals surface area contributed by atoms with Crippen molar-refractivity contribution in [3.8, 4) is 0 Å². The van der Waals surface area contributed by atoms with Crippen LogP contribution in [0.4, 0.5) is 0 Å². The van der Waals surface area contributed by atoms with E-state index in [-0.39, 0.29) is 5.75 Å². The predicted octanol–water partition coefficient (Wildman–Crippen LogP) is 2.69. The molecular formula is C16H27NO3S2. The van der Waals surface area contributed by atoms with Crippen molar-refractivity contribution in [3.63, 3.8) is 0 Å². The van der Waals surface area contributed by atoms with Gasteiger partial charge < -0.3 is 10.4 Å². The van der Waals surface area contributed by atoms with Gasteiger partial charge in [0.15, 0.2) is 9.84 Å². The van der Waals surface area contributed by atoms with Gasteiger partial charge in [0.25, 0.3) is 0 Å². The van der Waals surface area contributed by atoms with Crippen molar-refractivity contribution in [2.75, 3.05) is 12.3 Å². The maximum atomic E-state index is 12.1. The molecule has 1 aromatic rings. The van der Waals surface area contributed by atoms with Gasteiger partial charge >= 0.3 is 0 Å². The van der Waals surface area contributed by atoms with Crippen molar-refractivity contribution >= 4 is 21.2 Å². The molecule has 0 aliphatic heterocycles. The van der Waals surface area contributed by atoms with E-state index in [0.717, 1.165) is 18.8 Å². The van der Waals surface area contributed by atoms with Crippen LogP contribution in [0.2, 0.25) is 0 Å². The quantitative estimate of drug-likeness (QED) is 0.797. The number of sulfone groups is 1. The van der Waals surface area contributed by atoms with Crippen LogP contribution in [-0.2, 0) is 9.84 Å². The minimum Gasteiger partial charge on any atom is -0.391 e. The van der Waals surface area contributed by atoms with Gasteiger partial charge in [-0.05, 0) is 42.5 Å². The zero-order valence-corrected chi connectivity index (χ0v) is 15.0. The second-order valence-electron chi connectivity index (χ2n) is 6.47. The molecular weight excluding hydrogens is 318 g/mol. The van der Waals surface area contributed by atoms with Crippen LogP contribution in [0.25, 0.3) is 0 Å². The first-order valence-electron chi connectivity index (χ1n) is 8.10. The van der Waals surface area contributed by atoms with E-state index in [1.165, 1.54) is 24.2 Å². The monoisotopic (exact) mass is 345 g/mol. The van der Waals surface area contributed by atoms with Crippen molar-refractivity contribution in [1.29, 1.82) is 0 Å². The fraction of sp³-hybridized carbons (Fsp3) is 0.750. The summed E-state index contributed by atoms with van der Waals surface area (Å²) in [7, 11) is -3.37. The number of aliphatic hydroxyl groups is 1. The third-order valence-electron chi connectivity index (χ3n) is 4.60. The highest BCUT2D eigenvalue weighted by Gasteiger charge is 2.28. The largest absolute Gasteiger partial charge is 0.391 e. The second kappa shape index (κ2) is 7.90. The first-order valence-corrected chi connectivity index (χ1v) is 10.6. The summed E-state index contributed by atoms with van der Waals surface area (Å²) in [6, 6.07) is 3.72. The van der Waals surface area contributed by atoms with Crippen molar-refractivity contribution < 1.29 is 13.5 Å².